The van der Waals surface area contributed by atoms with Crippen LogP contribution < -0.4 is 10.9 Å². The minimum absolute atomic E-state index is 0.0102. The van der Waals surface area contributed by atoms with Gasteiger partial charge >= 0.3 is 0 Å². The summed E-state index contributed by atoms with van der Waals surface area (Å²) in [5.41, 5.74) is 1.16. The van der Waals surface area contributed by atoms with Gasteiger partial charge in [-0.3, -0.25) is 14.2 Å². The number of benzene rings is 1. The summed E-state index contributed by atoms with van der Waals surface area (Å²) >= 11 is 0. The van der Waals surface area contributed by atoms with Crippen LogP contribution in [-0.2, 0) is 13.0 Å². The van der Waals surface area contributed by atoms with Crippen molar-refractivity contribution < 1.29 is 4.79 Å². The predicted molar refractivity (Wildman–Crippen MR) is 108 cm³/mol. The maximum absolute atomic E-state index is 12.8. The molecule has 0 aliphatic carbocycles. The second-order valence-corrected chi connectivity index (χ2v) is 8.61. The predicted octanol–water partition coefficient (Wildman–Crippen LogP) is 2.44. The van der Waals surface area contributed by atoms with E-state index >= 15 is 0 Å². The number of fused-ring (bicyclic) bond motifs is 2. The maximum atomic E-state index is 12.8. The van der Waals surface area contributed by atoms with Crippen molar-refractivity contribution in [2.75, 3.05) is 27.2 Å². The van der Waals surface area contributed by atoms with E-state index in [-0.39, 0.29) is 16.9 Å². The van der Waals surface area contributed by atoms with Crippen molar-refractivity contribution in [3.63, 3.8) is 0 Å². The van der Waals surface area contributed by atoms with Crippen LogP contribution >= 0.6 is 0 Å². The molecule has 6 nitrogen and oxygen atoms in total. The molecule has 0 spiro atoms. The molecule has 1 amide bonds. The largest absolute Gasteiger partial charge is 0.351 e. The highest BCUT2D eigenvalue weighted by molar-refractivity contribution is 5.97. The van der Waals surface area contributed by atoms with Crippen molar-refractivity contribution in [1.82, 2.24) is 19.8 Å². The highest BCUT2D eigenvalue weighted by Gasteiger charge is 2.21. The van der Waals surface area contributed by atoms with E-state index in [1.165, 1.54) is 0 Å². The Morgan fingerprint density at radius 2 is 2.04 bits per heavy atom. The Morgan fingerprint density at radius 3 is 2.78 bits per heavy atom. The van der Waals surface area contributed by atoms with E-state index in [4.69, 9.17) is 4.98 Å². The van der Waals surface area contributed by atoms with Crippen molar-refractivity contribution in [1.29, 1.82) is 0 Å². The van der Waals surface area contributed by atoms with Crippen LogP contribution in [0.2, 0.25) is 0 Å². The van der Waals surface area contributed by atoms with Gasteiger partial charge in [0.2, 0.25) is 0 Å². The molecule has 1 N–H and O–H groups in total. The molecule has 0 saturated heterocycles. The molecule has 1 aromatic heterocycles. The first-order chi connectivity index (χ1) is 12.8. The fraction of sp³-hybridized carbons (Fsp3) is 0.571. The van der Waals surface area contributed by atoms with E-state index in [0.29, 0.717) is 23.0 Å². The molecule has 2 heterocycles. The summed E-state index contributed by atoms with van der Waals surface area (Å²) in [6, 6.07) is 5.21. The summed E-state index contributed by atoms with van der Waals surface area (Å²) in [6.07, 6.45) is 4.01. The average Bonchev–Trinajstić information content (AvgIpc) is 2.84. The van der Waals surface area contributed by atoms with Gasteiger partial charge < -0.3 is 10.2 Å². The Labute approximate surface area is 160 Å². The molecule has 6 heteroatoms. The summed E-state index contributed by atoms with van der Waals surface area (Å²) in [5, 5.41) is 3.61. The first-order valence-corrected chi connectivity index (χ1v) is 9.73. The fourth-order valence-corrected chi connectivity index (χ4v) is 3.89. The summed E-state index contributed by atoms with van der Waals surface area (Å²) in [5.74, 6) is 0.718. The molecule has 146 valence electrons. The lowest BCUT2D eigenvalue weighted by atomic mass is 9.93. The number of hydrogen-bond donors (Lipinski definition) is 1. The fourth-order valence-electron chi connectivity index (χ4n) is 3.89. The zero-order valence-corrected chi connectivity index (χ0v) is 16.8. The molecule has 1 aromatic carbocycles. The molecule has 0 atom stereocenters. The van der Waals surface area contributed by atoms with Crippen LogP contribution in [0.4, 0.5) is 0 Å². The van der Waals surface area contributed by atoms with Crippen molar-refractivity contribution >= 4 is 16.8 Å². The highest BCUT2D eigenvalue weighted by atomic mass is 16.1. The Morgan fingerprint density at radius 1 is 1.26 bits per heavy atom. The van der Waals surface area contributed by atoms with E-state index in [0.717, 1.165) is 44.6 Å². The standard InChI is InChI=1S/C21H30N4O2/c1-21(2,14-24(3)4)13-22-19(26)15-9-10-16-17(12-15)23-18-8-6-5-7-11-25(18)20(16)27/h9-10,12H,5-8,11,13-14H2,1-4H3,(H,22,26). The Kier molecular flexibility index (Phi) is 5.65. The van der Waals surface area contributed by atoms with Gasteiger partial charge in [0.15, 0.2) is 0 Å². The number of rotatable bonds is 5. The molecule has 1 aliphatic heterocycles. The molecule has 0 unspecified atom stereocenters. The molecule has 3 rings (SSSR count). The van der Waals surface area contributed by atoms with Crippen LogP contribution in [0, 0.1) is 5.41 Å². The lowest BCUT2D eigenvalue weighted by Crippen LogP contribution is -2.40. The molecule has 1 aliphatic rings. The van der Waals surface area contributed by atoms with Gasteiger partial charge in [0.1, 0.15) is 5.82 Å². The highest BCUT2D eigenvalue weighted by Crippen LogP contribution is 2.17. The number of amides is 1. The van der Waals surface area contributed by atoms with Crippen molar-refractivity contribution in [3.05, 3.63) is 39.9 Å². The van der Waals surface area contributed by atoms with E-state index in [9.17, 15) is 9.59 Å². The Bertz CT molecular complexity index is 899. The zero-order valence-electron chi connectivity index (χ0n) is 16.8. The minimum atomic E-state index is -0.124. The molecule has 0 radical (unpaired) electrons. The van der Waals surface area contributed by atoms with E-state index < -0.39 is 0 Å². The zero-order chi connectivity index (χ0) is 19.6. The number of aromatic nitrogens is 2. The van der Waals surface area contributed by atoms with Crippen molar-refractivity contribution in [3.8, 4) is 0 Å². The van der Waals surface area contributed by atoms with Gasteiger partial charge in [-0.1, -0.05) is 20.3 Å². The summed E-state index contributed by atoms with van der Waals surface area (Å²) in [4.78, 5) is 32.2. The van der Waals surface area contributed by atoms with E-state index in [2.05, 4.69) is 24.1 Å². The van der Waals surface area contributed by atoms with Gasteiger partial charge in [-0.2, -0.15) is 0 Å². The molecule has 0 bridgehead atoms. The Hall–Kier alpha value is -2.21. The molecule has 0 fully saturated rings. The summed E-state index contributed by atoms with van der Waals surface area (Å²) < 4.78 is 1.80. The second-order valence-electron chi connectivity index (χ2n) is 8.61. The number of carbonyl (C=O) groups excluding carboxylic acids is 1. The van der Waals surface area contributed by atoms with Gasteiger partial charge in [-0.25, -0.2) is 4.98 Å². The van der Waals surface area contributed by atoms with Gasteiger partial charge in [0, 0.05) is 31.6 Å². The molecule has 27 heavy (non-hydrogen) atoms. The SMILES string of the molecule is CN(C)CC(C)(C)CNC(=O)c1ccc2c(=O)n3c(nc2c1)CCCCC3. The van der Waals surface area contributed by atoms with Crippen LogP contribution in [0.15, 0.2) is 23.0 Å². The van der Waals surface area contributed by atoms with E-state index in [1.54, 1.807) is 22.8 Å². The molecular formula is C21H30N4O2. The first-order valence-electron chi connectivity index (χ1n) is 9.73. The minimum Gasteiger partial charge on any atom is -0.351 e. The molecular weight excluding hydrogens is 340 g/mol. The third-order valence-corrected chi connectivity index (χ3v) is 5.05. The normalized spacial score (nSPS) is 14.9. The number of hydrogen-bond acceptors (Lipinski definition) is 4. The van der Waals surface area contributed by atoms with Gasteiger partial charge in [-0.05, 0) is 50.6 Å². The quantitative estimate of drug-likeness (QED) is 0.878. The first kappa shape index (κ1) is 19.5. The number of nitrogens with zero attached hydrogens (tertiary/aromatic N) is 3. The molecule has 0 saturated carbocycles. The van der Waals surface area contributed by atoms with Gasteiger partial charge in [-0.15, -0.1) is 0 Å². The number of nitrogens with one attached hydrogen (secondary N) is 1. The lowest BCUT2D eigenvalue weighted by Gasteiger charge is -2.28. The average molecular weight is 370 g/mol. The van der Waals surface area contributed by atoms with Crippen LogP contribution in [0.25, 0.3) is 10.9 Å². The van der Waals surface area contributed by atoms with Gasteiger partial charge in [0.05, 0.1) is 10.9 Å². The van der Waals surface area contributed by atoms with Crippen molar-refractivity contribution in [2.45, 2.75) is 46.1 Å². The van der Waals surface area contributed by atoms with Crippen LogP contribution in [0.1, 0.15) is 49.3 Å². The lowest BCUT2D eigenvalue weighted by molar-refractivity contribution is 0.0929. The smallest absolute Gasteiger partial charge is 0.261 e. The third-order valence-electron chi connectivity index (χ3n) is 5.05. The third kappa shape index (κ3) is 4.56. The van der Waals surface area contributed by atoms with Crippen LogP contribution in [0.3, 0.4) is 0 Å². The monoisotopic (exact) mass is 370 g/mol. The Balaban J connectivity index is 1.84. The van der Waals surface area contributed by atoms with Crippen LogP contribution in [-0.4, -0.2) is 47.5 Å². The van der Waals surface area contributed by atoms with Crippen molar-refractivity contribution in [2.24, 2.45) is 5.41 Å². The molecule has 2 aromatic rings. The topological polar surface area (TPSA) is 67.2 Å². The summed E-state index contributed by atoms with van der Waals surface area (Å²) in [7, 11) is 4.06. The maximum Gasteiger partial charge on any atom is 0.261 e. The van der Waals surface area contributed by atoms with E-state index in [1.807, 2.05) is 14.1 Å². The second kappa shape index (κ2) is 7.80. The van der Waals surface area contributed by atoms with Gasteiger partial charge in [0.25, 0.3) is 11.5 Å². The summed E-state index contributed by atoms with van der Waals surface area (Å²) in [6.45, 7) is 6.47. The van der Waals surface area contributed by atoms with Crippen LogP contribution in [0.5, 0.6) is 0 Å². The number of aryl methyl sites for hydroxylation is 1. The number of carbonyl (C=O) groups is 1.